The summed E-state index contributed by atoms with van der Waals surface area (Å²) in [5, 5.41) is 3.13. The number of nitrogens with one attached hydrogen (secondary N) is 1. The molecule has 1 aliphatic heterocycles. The summed E-state index contributed by atoms with van der Waals surface area (Å²) < 4.78 is 0. The van der Waals surface area contributed by atoms with Gasteiger partial charge in [0.05, 0.1) is 0 Å². The van der Waals surface area contributed by atoms with Crippen LogP contribution in [0.2, 0.25) is 0 Å². The maximum absolute atomic E-state index is 4.69. The maximum atomic E-state index is 4.69. The number of anilines is 2. The Labute approximate surface area is 110 Å². The molecule has 100 valence electrons. The first-order valence-corrected chi connectivity index (χ1v) is 6.85. The van der Waals surface area contributed by atoms with Crippen molar-refractivity contribution in [1.29, 1.82) is 0 Å². The van der Waals surface area contributed by atoms with E-state index in [2.05, 4.69) is 42.0 Å². The van der Waals surface area contributed by atoms with Crippen LogP contribution in [0.5, 0.6) is 0 Å². The van der Waals surface area contributed by atoms with Crippen LogP contribution in [0.25, 0.3) is 0 Å². The molecular formula is C14H24N4. The molecule has 1 N–H and O–H groups in total. The Kier molecular flexibility index (Phi) is 3.73. The monoisotopic (exact) mass is 248 g/mol. The predicted octanol–water partition coefficient (Wildman–Crippen LogP) is 2.71. The van der Waals surface area contributed by atoms with Crippen LogP contribution >= 0.6 is 0 Å². The molecule has 4 heteroatoms. The Balaban J connectivity index is 2.24. The van der Waals surface area contributed by atoms with Gasteiger partial charge in [-0.1, -0.05) is 20.8 Å². The van der Waals surface area contributed by atoms with Gasteiger partial charge in [0.2, 0.25) is 0 Å². The van der Waals surface area contributed by atoms with E-state index < -0.39 is 0 Å². The first-order chi connectivity index (χ1) is 8.54. The van der Waals surface area contributed by atoms with E-state index >= 15 is 0 Å². The van der Waals surface area contributed by atoms with Crippen molar-refractivity contribution < 1.29 is 0 Å². The van der Waals surface area contributed by atoms with Crippen molar-refractivity contribution in [2.24, 2.45) is 5.41 Å². The van der Waals surface area contributed by atoms with Crippen molar-refractivity contribution in [3.05, 3.63) is 11.9 Å². The molecule has 0 aromatic carbocycles. The summed E-state index contributed by atoms with van der Waals surface area (Å²) in [6.07, 6.45) is 3.26. The standard InChI is InChI=1S/C14H24N4/c1-5-6-11-16-12(15-4)9-13(17-11)18-8-7-14(2,3)10-18/h9H,5-8,10H2,1-4H3,(H,15,16,17). The molecule has 0 amide bonds. The fraction of sp³-hybridized carbons (Fsp3) is 0.714. The minimum absolute atomic E-state index is 0.398. The Morgan fingerprint density at radius 3 is 2.72 bits per heavy atom. The van der Waals surface area contributed by atoms with Crippen molar-refractivity contribution in [1.82, 2.24) is 9.97 Å². The molecule has 2 heterocycles. The molecule has 1 saturated heterocycles. The molecule has 1 aliphatic rings. The molecule has 0 saturated carbocycles. The SMILES string of the molecule is CCCc1nc(NC)cc(N2CCC(C)(C)C2)n1. The van der Waals surface area contributed by atoms with E-state index in [1.54, 1.807) is 0 Å². The number of hydrogen-bond donors (Lipinski definition) is 1. The van der Waals surface area contributed by atoms with Crippen LogP contribution in [0, 0.1) is 5.41 Å². The van der Waals surface area contributed by atoms with E-state index in [9.17, 15) is 0 Å². The Morgan fingerprint density at radius 2 is 2.17 bits per heavy atom. The van der Waals surface area contributed by atoms with Gasteiger partial charge in [-0.3, -0.25) is 0 Å². The van der Waals surface area contributed by atoms with Crippen LogP contribution in [0.4, 0.5) is 11.6 Å². The van der Waals surface area contributed by atoms with Gasteiger partial charge in [0.1, 0.15) is 17.5 Å². The third-order valence-corrected chi connectivity index (χ3v) is 3.49. The van der Waals surface area contributed by atoms with Gasteiger partial charge in [-0.15, -0.1) is 0 Å². The van der Waals surface area contributed by atoms with Gasteiger partial charge in [-0.2, -0.15) is 0 Å². The maximum Gasteiger partial charge on any atom is 0.134 e. The molecule has 1 aromatic rings. The van der Waals surface area contributed by atoms with Crippen LogP contribution in [0.1, 0.15) is 39.4 Å². The summed E-state index contributed by atoms with van der Waals surface area (Å²) in [4.78, 5) is 11.6. The Bertz CT molecular complexity index is 414. The molecule has 0 atom stereocenters. The molecule has 0 spiro atoms. The molecule has 1 aromatic heterocycles. The lowest BCUT2D eigenvalue weighted by Gasteiger charge is -2.21. The van der Waals surface area contributed by atoms with Gasteiger partial charge in [0.15, 0.2) is 0 Å². The van der Waals surface area contributed by atoms with Crippen molar-refractivity contribution in [2.45, 2.75) is 40.0 Å². The molecule has 0 radical (unpaired) electrons. The second-order valence-electron chi connectivity index (χ2n) is 5.86. The lowest BCUT2D eigenvalue weighted by atomic mass is 9.93. The van der Waals surface area contributed by atoms with Crippen molar-refractivity contribution in [3.8, 4) is 0 Å². The second-order valence-corrected chi connectivity index (χ2v) is 5.86. The molecule has 0 aliphatic carbocycles. The number of hydrogen-bond acceptors (Lipinski definition) is 4. The minimum atomic E-state index is 0.398. The van der Waals surface area contributed by atoms with Crippen LogP contribution in [0.3, 0.4) is 0 Å². The highest BCUT2D eigenvalue weighted by Crippen LogP contribution is 2.32. The molecule has 18 heavy (non-hydrogen) atoms. The summed E-state index contributed by atoms with van der Waals surface area (Å²) in [6.45, 7) is 8.98. The van der Waals surface area contributed by atoms with Crippen LogP contribution < -0.4 is 10.2 Å². The summed E-state index contributed by atoms with van der Waals surface area (Å²) in [6, 6.07) is 2.06. The highest BCUT2D eigenvalue weighted by molar-refractivity contribution is 5.50. The minimum Gasteiger partial charge on any atom is -0.373 e. The zero-order chi connectivity index (χ0) is 13.2. The predicted molar refractivity (Wildman–Crippen MR) is 76.2 cm³/mol. The fourth-order valence-electron chi connectivity index (χ4n) is 2.42. The summed E-state index contributed by atoms with van der Waals surface area (Å²) in [7, 11) is 1.91. The molecule has 2 rings (SSSR count). The van der Waals surface area contributed by atoms with Gasteiger partial charge in [0, 0.05) is 32.6 Å². The summed E-state index contributed by atoms with van der Waals surface area (Å²) >= 11 is 0. The molecule has 0 unspecified atom stereocenters. The zero-order valence-electron chi connectivity index (χ0n) is 12.0. The van der Waals surface area contributed by atoms with E-state index in [0.717, 1.165) is 43.4 Å². The number of rotatable bonds is 4. The second kappa shape index (κ2) is 5.12. The molecule has 4 nitrogen and oxygen atoms in total. The third kappa shape index (κ3) is 2.92. The van der Waals surface area contributed by atoms with Crippen LogP contribution in [-0.4, -0.2) is 30.1 Å². The van der Waals surface area contributed by atoms with Crippen molar-refractivity contribution >= 4 is 11.6 Å². The number of aromatic nitrogens is 2. The molecule has 1 fully saturated rings. The fourth-order valence-corrected chi connectivity index (χ4v) is 2.42. The number of aryl methyl sites for hydroxylation is 1. The summed E-state index contributed by atoms with van der Waals surface area (Å²) in [5.41, 5.74) is 0.398. The average molecular weight is 248 g/mol. The van der Waals surface area contributed by atoms with E-state index in [4.69, 9.17) is 4.98 Å². The highest BCUT2D eigenvalue weighted by atomic mass is 15.2. The molecular weight excluding hydrogens is 224 g/mol. The van der Waals surface area contributed by atoms with E-state index in [0.29, 0.717) is 5.41 Å². The lowest BCUT2D eigenvalue weighted by molar-refractivity contribution is 0.418. The topological polar surface area (TPSA) is 41.1 Å². The largest absolute Gasteiger partial charge is 0.373 e. The Morgan fingerprint density at radius 1 is 1.39 bits per heavy atom. The van der Waals surface area contributed by atoms with E-state index in [1.807, 2.05) is 7.05 Å². The smallest absolute Gasteiger partial charge is 0.134 e. The van der Waals surface area contributed by atoms with Gasteiger partial charge >= 0.3 is 0 Å². The molecule has 0 bridgehead atoms. The first-order valence-electron chi connectivity index (χ1n) is 6.85. The van der Waals surface area contributed by atoms with Gasteiger partial charge in [-0.05, 0) is 18.3 Å². The van der Waals surface area contributed by atoms with Crippen molar-refractivity contribution in [2.75, 3.05) is 30.4 Å². The normalized spacial score (nSPS) is 18.1. The summed E-state index contributed by atoms with van der Waals surface area (Å²) in [5.74, 6) is 2.94. The first kappa shape index (κ1) is 13.1. The zero-order valence-corrected chi connectivity index (χ0v) is 12.0. The highest BCUT2D eigenvalue weighted by Gasteiger charge is 2.30. The van der Waals surface area contributed by atoms with Gasteiger partial charge in [-0.25, -0.2) is 9.97 Å². The quantitative estimate of drug-likeness (QED) is 0.889. The Hall–Kier alpha value is -1.32. The van der Waals surface area contributed by atoms with Crippen LogP contribution in [0.15, 0.2) is 6.07 Å². The van der Waals surface area contributed by atoms with Crippen molar-refractivity contribution in [3.63, 3.8) is 0 Å². The lowest BCUT2D eigenvalue weighted by Crippen LogP contribution is -2.24. The average Bonchev–Trinajstić information content (AvgIpc) is 2.70. The van der Waals surface area contributed by atoms with E-state index in [1.165, 1.54) is 6.42 Å². The van der Waals surface area contributed by atoms with E-state index in [-0.39, 0.29) is 0 Å². The van der Waals surface area contributed by atoms with Crippen LogP contribution in [-0.2, 0) is 6.42 Å². The van der Waals surface area contributed by atoms with Gasteiger partial charge < -0.3 is 10.2 Å². The third-order valence-electron chi connectivity index (χ3n) is 3.49. The number of nitrogens with zero attached hydrogens (tertiary/aromatic N) is 3. The van der Waals surface area contributed by atoms with Gasteiger partial charge in [0.25, 0.3) is 0 Å².